The Kier molecular flexibility index (Phi) is 6.86. The average molecular weight is 373 g/mol. The van der Waals surface area contributed by atoms with Gasteiger partial charge in [0, 0.05) is 49.0 Å². The van der Waals surface area contributed by atoms with Crippen LogP contribution in [-0.4, -0.2) is 67.4 Å². The van der Waals surface area contributed by atoms with Crippen LogP contribution in [-0.2, 0) is 9.59 Å². The highest BCUT2D eigenvalue weighted by Gasteiger charge is 2.26. The lowest BCUT2D eigenvalue weighted by molar-refractivity contribution is -0.124. The molecule has 0 radical (unpaired) electrons. The summed E-state index contributed by atoms with van der Waals surface area (Å²) < 4.78 is 0. The minimum Gasteiger partial charge on any atom is -0.358 e. The molecule has 24 heavy (non-hydrogen) atoms. The molecule has 1 atom stereocenters. The first-order valence-corrected chi connectivity index (χ1v) is 8.58. The third kappa shape index (κ3) is 5.34. The van der Waals surface area contributed by atoms with E-state index in [1.807, 2.05) is 6.92 Å². The van der Waals surface area contributed by atoms with Gasteiger partial charge in [-0.25, -0.2) is 0 Å². The SMILES string of the molecule is CNC(=O)CN1CCN([C@@H](C)C(=O)Nc2cc(Cl)cc(Cl)c2)CC1. The van der Waals surface area contributed by atoms with Crippen molar-refractivity contribution in [2.45, 2.75) is 13.0 Å². The van der Waals surface area contributed by atoms with Crippen LogP contribution in [0.4, 0.5) is 5.69 Å². The number of halogens is 2. The number of carbonyl (C=O) groups excluding carboxylic acids is 2. The molecule has 2 rings (SSSR count). The van der Waals surface area contributed by atoms with E-state index < -0.39 is 0 Å². The molecule has 1 aromatic carbocycles. The maximum atomic E-state index is 12.4. The number of hydrogen-bond acceptors (Lipinski definition) is 4. The lowest BCUT2D eigenvalue weighted by atomic mass is 10.2. The Balaban J connectivity index is 1.86. The van der Waals surface area contributed by atoms with Crippen molar-refractivity contribution in [2.24, 2.45) is 0 Å². The van der Waals surface area contributed by atoms with Crippen molar-refractivity contribution < 1.29 is 9.59 Å². The first kappa shape index (κ1) is 19.0. The fourth-order valence-electron chi connectivity index (χ4n) is 2.63. The third-order valence-corrected chi connectivity index (χ3v) is 4.55. The lowest BCUT2D eigenvalue weighted by Gasteiger charge is -2.37. The summed E-state index contributed by atoms with van der Waals surface area (Å²) in [6.07, 6.45) is 0. The van der Waals surface area contributed by atoms with Crippen molar-refractivity contribution >= 4 is 40.7 Å². The summed E-state index contributed by atoms with van der Waals surface area (Å²) in [4.78, 5) is 28.0. The van der Waals surface area contributed by atoms with Gasteiger partial charge in [-0.05, 0) is 25.1 Å². The van der Waals surface area contributed by atoms with Gasteiger partial charge in [0.2, 0.25) is 11.8 Å². The summed E-state index contributed by atoms with van der Waals surface area (Å²) in [5, 5.41) is 6.43. The molecule has 0 saturated carbocycles. The third-order valence-electron chi connectivity index (χ3n) is 4.11. The highest BCUT2D eigenvalue weighted by atomic mass is 35.5. The molecule has 6 nitrogen and oxygen atoms in total. The van der Waals surface area contributed by atoms with Crippen LogP contribution in [0.3, 0.4) is 0 Å². The Bertz CT molecular complexity index is 583. The fourth-order valence-corrected chi connectivity index (χ4v) is 3.16. The van der Waals surface area contributed by atoms with Gasteiger partial charge in [0.1, 0.15) is 0 Å². The summed E-state index contributed by atoms with van der Waals surface area (Å²) in [5.41, 5.74) is 0.586. The van der Waals surface area contributed by atoms with Crippen LogP contribution >= 0.6 is 23.2 Å². The average Bonchev–Trinajstić information content (AvgIpc) is 2.53. The van der Waals surface area contributed by atoms with E-state index in [4.69, 9.17) is 23.2 Å². The monoisotopic (exact) mass is 372 g/mol. The number of anilines is 1. The molecule has 8 heteroatoms. The molecule has 1 aliphatic heterocycles. The van der Waals surface area contributed by atoms with E-state index in [-0.39, 0.29) is 17.9 Å². The first-order valence-electron chi connectivity index (χ1n) is 7.83. The molecule has 0 unspecified atom stereocenters. The summed E-state index contributed by atoms with van der Waals surface area (Å²) >= 11 is 11.9. The van der Waals surface area contributed by atoms with E-state index in [1.165, 1.54) is 0 Å². The van der Waals surface area contributed by atoms with Crippen molar-refractivity contribution in [1.29, 1.82) is 0 Å². The van der Waals surface area contributed by atoms with Crippen molar-refractivity contribution in [3.8, 4) is 0 Å². The molecular formula is C16H22Cl2N4O2. The van der Waals surface area contributed by atoms with Crippen LogP contribution < -0.4 is 10.6 Å². The van der Waals surface area contributed by atoms with Crippen molar-refractivity contribution in [2.75, 3.05) is 45.1 Å². The predicted molar refractivity (Wildman–Crippen MR) is 96.6 cm³/mol. The zero-order valence-electron chi connectivity index (χ0n) is 13.8. The molecule has 1 aliphatic rings. The second-order valence-electron chi connectivity index (χ2n) is 5.81. The van der Waals surface area contributed by atoms with E-state index in [0.717, 1.165) is 26.2 Å². The fraction of sp³-hybridized carbons (Fsp3) is 0.500. The minimum absolute atomic E-state index is 0.00655. The molecule has 2 N–H and O–H groups in total. The number of carbonyl (C=O) groups is 2. The van der Waals surface area contributed by atoms with Gasteiger partial charge in [-0.1, -0.05) is 23.2 Å². The summed E-state index contributed by atoms with van der Waals surface area (Å²) in [6, 6.07) is 4.68. The van der Waals surface area contributed by atoms with Crippen LogP contribution in [0.15, 0.2) is 18.2 Å². The number of nitrogens with zero attached hydrogens (tertiary/aromatic N) is 2. The minimum atomic E-state index is -0.273. The van der Waals surface area contributed by atoms with E-state index in [2.05, 4.69) is 20.4 Å². The van der Waals surface area contributed by atoms with Gasteiger partial charge in [-0.3, -0.25) is 19.4 Å². The number of rotatable bonds is 5. The van der Waals surface area contributed by atoms with Crippen molar-refractivity contribution in [3.05, 3.63) is 28.2 Å². The molecular weight excluding hydrogens is 351 g/mol. The maximum Gasteiger partial charge on any atom is 0.241 e. The number of hydrogen-bond donors (Lipinski definition) is 2. The second-order valence-corrected chi connectivity index (χ2v) is 6.68. The van der Waals surface area contributed by atoms with Crippen LogP contribution in [0.1, 0.15) is 6.92 Å². The molecule has 0 aromatic heterocycles. The van der Waals surface area contributed by atoms with E-state index in [0.29, 0.717) is 22.3 Å². The molecule has 1 heterocycles. The highest BCUT2D eigenvalue weighted by Crippen LogP contribution is 2.22. The Labute approximate surface area is 152 Å². The Morgan fingerprint density at radius 3 is 2.25 bits per heavy atom. The number of piperazine rings is 1. The topological polar surface area (TPSA) is 64.7 Å². The smallest absolute Gasteiger partial charge is 0.241 e. The van der Waals surface area contributed by atoms with E-state index >= 15 is 0 Å². The summed E-state index contributed by atoms with van der Waals surface area (Å²) in [7, 11) is 1.63. The molecule has 0 bridgehead atoms. The van der Waals surface area contributed by atoms with Gasteiger partial charge in [0.25, 0.3) is 0 Å². The lowest BCUT2D eigenvalue weighted by Crippen LogP contribution is -2.54. The summed E-state index contributed by atoms with van der Waals surface area (Å²) in [6.45, 7) is 5.26. The molecule has 0 spiro atoms. The molecule has 132 valence electrons. The van der Waals surface area contributed by atoms with Crippen LogP contribution in [0.2, 0.25) is 10.0 Å². The summed E-state index contributed by atoms with van der Waals surface area (Å²) in [5.74, 6) is -0.0971. The van der Waals surface area contributed by atoms with Crippen molar-refractivity contribution in [3.63, 3.8) is 0 Å². The number of benzene rings is 1. The van der Waals surface area contributed by atoms with Gasteiger partial charge < -0.3 is 10.6 Å². The van der Waals surface area contributed by atoms with Gasteiger partial charge in [0.05, 0.1) is 12.6 Å². The zero-order chi connectivity index (χ0) is 17.7. The largest absolute Gasteiger partial charge is 0.358 e. The Morgan fingerprint density at radius 2 is 1.71 bits per heavy atom. The number of likely N-dealkylation sites (N-methyl/N-ethyl adjacent to an activating group) is 1. The molecule has 1 fully saturated rings. The molecule has 0 aliphatic carbocycles. The zero-order valence-corrected chi connectivity index (χ0v) is 15.3. The number of amides is 2. The van der Waals surface area contributed by atoms with Gasteiger partial charge >= 0.3 is 0 Å². The van der Waals surface area contributed by atoms with Crippen LogP contribution in [0.5, 0.6) is 0 Å². The number of nitrogens with one attached hydrogen (secondary N) is 2. The normalized spacial score (nSPS) is 17.3. The van der Waals surface area contributed by atoms with Crippen molar-refractivity contribution in [1.82, 2.24) is 15.1 Å². The van der Waals surface area contributed by atoms with Crippen LogP contribution in [0, 0.1) is 0 Å². The predicted octanol–water partition coefficient (Wildman–Crippen LogP) is 1.68. The molecule has 1 saturated heterocycles. The molecule has 2 amide bonds. The van der Waals surface area contributed by atoms with Gasteiger partial charge in [-0.15, -0.1) is 0 Å². The van der Waals surface area contributed by atoms with E-state index in [9.17, 15) is 9.59 Å². The van der Waals surface area contributed by atoms with Gasteiger partial charge in [0.15, 0.2) is 0 Å². The molecule has 1 aromatic rings. The Hall–Kier alpha value is -1.34. The Morgan fingerprint density at radius 1 is 1.12 bits per heavy atom. The van der Waals surface area contributed by atoms with E-state index in [1.54, 1.807) is 25.2 Å². The standard InChI is InChI=1S/C16H22Cl2N4O2/c1-11(16(24)20-14-8-12(17)7-13(18)9-14)22-5-3-21(4-6-22)10-15(23)19-2/h7-9,11H,3-6,10H2,1-2H3,(H,19,23)(H,20,24)/t11-/m0/s1. The quantitative estimate of drug-likeness (QED) is 0.825. The highest BCUT2D eigenvalue weighted by molar-refractivity contribution is 6.35. The van der Waals surface area contributed by atoms with Gasteiger partial charge in [-0.2, -0.15) is 0 Å². The first-order chi connectivity index (χ1) is 11.4. The maximum absolute atomic E-state index is 12.4. The second kappa shape index (κ2) is 8.67. The van der Waals surface area contributed by atoms with Crippen LogP contribution in [0.25, 0.3) is 0 Å².